The summed E-state index contributed by atoms with van der Waals surface area (Å²) in [4.78, 5) is 12.7. The number of hydrogen-bond acceptors (Lipinski definition) is 1. The van der Waals surface area contributed by atoms with Crippen molar-refractivity contribution in [2.75, 3.05) is 0 Å². The number of rotatable bonds is 1. The number of aromatic nitrogens is 2. The van der Waals surface area contributed by atoms with Crippen molar-refractivity contribution >= 4 is 27.7 Å². The van der Waals surface area contributed by atoms with Gasteiger partial charge in [0.1, 0.15) is 0 Å². The Hall–Kier alpha value is -4.11. The van der Waals surface area contributed by atoms with Crippen molar-refractivity contribution in [3.63, 3.8) is 0 Å². The van der Waals surface area contributed by atoms with Gasteiger partial charge < -0.3 is 9.97 Å². The van der Waals surface area contributed by atoms with Gasteiger partial charge in [-0.2, -0.15) is 0 Å². The fraction of sp³-hybridized carbons (Fsp3) is 0.100. The fourth-order valence-electron chi connectivity index (χ4n) is 6.11. The minimum Gasteiger partial charge on any atom is -0.353 e. The number of aryl methyl sites for hydroxylation is 1. The Balaban J connectivity index is 1.54. The SMILES string of the molecule is c1ccc(C2=c3c4c([nH]c3=C3N=c5ccccc5=C3C2)-c2[nH]c3ccccc3c2CC4)cc1. The van der Waals surface area contributed by atoms with E-state index in [0.29, 0.717) is 0 Å². The third kappa shape index (κ3) is 2.26. The van der Waals surface area contributed by atoms with Gasteiger partial charge in [0.05, 0.1) is 27.8 Å². The van der Waals surface area contributed by atoms with Crippen LogP contribution in [0.15, 0.2) is 83.9 Å². The van der Waals surface area contributed by atoms with Crippen LogP contribution in [0.1, 0.15) is 23.1 Å². The molecule has 3 heterocycles. The van der Waals surface area contributed by atoms with E-state index < -0.39 is 0 Å². The van der Waals surface area contributed by atoms with Gasteiger partial charge in [0.25, 0.3) is 0 Å². The van der Waals surface area contributed by atoms with Crippen LogP contribution in [0.5, 0.6) is 0 Å². The molecule has 0 fully saturated rings. The van der Waals surface area contributed by atoms with Crippen molar-refractivity contribution in [3.8, 4) is 11.4 Å². The summed E-state index contributed by atoms with van der Waals surface area (Å²) >= 11 is 0. The van der Waals surface area contributed by atoms with E-state index in [2.05, 4.69) is 88.8 Å². The zero-order valence-electron chi connectivity index (χ0n) is 18.1. The van der Waals surface area contributed by atoms with E-state index in [9.17, 15) is 0 Å². The van der Waals surface area contributed by atoms with Crippen LogP contribution in [-0.4, -0.2) is 9.97 Å². The highest BCUT2D eigenvalue weighted by atomic mass is 14.9. The lowest BCUT2D eigenvalue weighted by atomic mass is 9.86. The quantitative estimate of drug-likeness (QED) is 0.415. The summed E-state index contributed by atoms with van der Waals surface area (Å²) in [6, 6.07) is 28.1. The van der Waals surface area contributed by atoms with Crippen LogP contribution in [0.2, 0.25) is 0 Å². The lowest BCUT2D eigenvalue weighted by Gasteiger charge is -2.17. The second-order valence-electron chi connectivity index (χ2n) is 9.23. The number of nitrogens with one attached hydrogen (secondary N) is 2. The fourth-order valence-corrected chi connectivity index (χ4v) is 6.11. The summed E-state index contributed by atoms with van der Waals surface area (Å²) in [5.74, 6) is 0. The van der Waals surface area contributed by atoms with Crippen LogP contribution in [0.25, 0.3) is 39.1 Å². The molecule has 1 aliphatic heterocycles. The van der Waals surface area contributed by atoms with Gasteiger partial charge in [-0.3, -0.25) is 0 Å². The van der Waals surface area contributed by atoms with Crippen LogP contribution in [0.4, 0.5) is 0 Å². The van der Waals surface area contributed by atoms with Gasteiger partial charge in [-0.1, -0.05) is 66.7 Å². The molecular formula is C30H21N3. The van der Waals surface area contributed by atoms with Gasteiger partial charge in [0, 0.05) is 27.8 Å². The normalized spacial score (nSPS) is 15.6. The first-order valence-electron chi connectivity index (χ1n) is 11.7. The van der Waals surface area contributed by atoms with Gasteiger partial charge in [-0.05, 0) is 52.8 Å². The van der Waals surface area contributed by atoms with Crippen molar-refractivity contribution in [1.29, 1.82) is 0 Å². The van der Waals surface area contributed by atoms with Gasteiger partial charge in [-0.25, -0.2) is 4.99 Å². The van der Waals surface area contributed by atoms with E-state index in [1.165, 1.54) is 65.9 Å². The van der Waals surface area contributed by atoms with Crippen LogP contribution >= 0.6 is 0 Å². The Bertz CT molecular complexity index is 1880. The van der Waals surface area contributed by atoms with Gasteiger partial charge in [0.2, 0.25) is 0 Å². The van der Waals surface area contributed by atoms with E-state index in [1.807, 2.05) is 0 Å². The first-order chi connectivity index (χ1) is 16.4. The molecule has 156 valence electrons. The lowest BCUT2D eigenvalue weighted by Crippen LogP contribution is -2.34. The van der Waals surface area contributed by atoms with Crippen molar-refractivity contribution in [3.05, 3.63) is 117 Å². The minimum atomic E-state index is 0.913. The summed E-state index contributed by atoms with van der Waals surface area (Å²) < 4.78 is 0. The zero-order valence-corrected chi connectivity index (χ0v) is 18.1. The number of para-hydroxylation sites is 2. The second-order valence-corrected chi connectivity index (χ2v) is 9.23. The van der Waals surface area contributed by atoms with Gasteiger partial charge in [0.15, 0.2) is 0 Å². The molecule has 0 atom stereocenters. The molecule has 3 heteroatoms. The minimum absolute atomic E-state index is 0.913. The van der Waals surface area contributed by atoms with Crippen molar-refractivity contribution in [2.45, 2.75) is 19.3 Å². The number of H-pyrrole nitrogens is 2. The molecule has 0 bridgehead atoms. The number of benzene rings is 3. The first-order valence-corrected chi connectivity index (χ1v) is 11.7. The maximum absolute atomic E-state index is 5.11. The van der Waals surface area contributed by atoms with Crippen LogP contribution in [0.3, 0.4) is 0 Å². The van der Waals surface area contributed by atoms with E-state index >= 15 is 0 Å². The Morgan fingerprint density at radius 3 is 2.36 bits per heavy atom. The number of aromatic amines is 2. The van der Waals surface area contributed by atoms with Crippen LogP contribution < -0.4 is 21.1 Å². The summed E-state index contributed by atoms with van der Waals surface area (Å²) in [7, 11) is 0. The maximum atomic E-state index is 5.11. The summed E-state index contributed by atoms with van der Waals surface area (Å²) in [6.45, 7) is 0. The molecule has 2 aromatic heterocycles. The summed E-state index contributed by atoms with van der Waals surface area (Å²) in [5.41, 5.74) is 11.7. The highest BCUT2D eigenvalue weighted by Crippen LogP contribution is 2.37. The average molecular weight is 424 g/mol. The summed E-state index contributed by atoms with van der Waals surface area (Å²) in [6.07, 6.45) is 3.01. The Labute approximate surface area is 190 Å². The number of hydrogen-bond donors (Lipinski definition) is 2. The molecule has 3 aromatic carbocycles. The molecule has 5 aromatic rings. The Morgan fingerprint density at radius 2 is 1.42 bits per heavy atom. The largest absolute Gasteiger partial charge is 0.353 e. The molecule has 0 saturated carbocycles. The third-order valence-electron chi connectivity index (χ3n) is 7.55. The van der Waals surface area contributed by atoms with Gasteiger partial charge >= 0.3 is 0 Å². The predicted octanol–water partition coefficient (Wildman–Crippen LogP) is 3.46. The second kappa shape index (κ2) is 6.23. The van der Waals surface area contributed by atoms with Crippen molar-refractivity contribution in [1.82, 2.24) is 9.97 Å². The molecule has 0 spiro atoms. The van der Waals surface area contributed by atoms with Crippen molar-refractivity contribution in [2.24, 2.45) is 4.99 Å². The van der Waals surface area contributed by atoms with Crippen LogP contribution in [0, 0.1) is 0 Å². The number of fused-ring (bicyclic) bond motifs is 9. The predicted molar refractivity (Wildman–Crippen MR) is 132 cm³/mol. The Morgan fingerprint density at radius 1 is 0.667 bits per heavy atom. The highest BCUT2D eigenvalue weighted by molar-refractivity contribution is 5.98. The maximum Gasteiger partial charge on any atom is 0.0920 e. The van der Waals surface area contributed by atoms with E-state index in [-0.39, 0.29) is 0 Å². The third-order valence-corrected chi connectivity index (χ3v) is 7.55. The molecule has 8 rings (SSSR count). The van der Waals surface area contributed by atoms with Crippen LogP contribution in [-0.2, 0) is 12.8 Å². The van der Waals surface area contributed by atoms with E-state index in [0.717, 1.165) is 30.3 Å². The van der Waals surface area contributed by atoms with Crippen molar-refractivity contribution < 1.29 is 0 Å². The smallest absolute Gasteiger partial charge is 0.0920 e. The molecule has 2 N–H and O–H groups in total. The molecule has 3 nitrogen and oxygen atoms in total. The average Bonchev–Trinajstić information content (AvgIpc) is 3.55. The Kier molecular flexibility index (Phi) is 3.29. The molecule has 2 aliphatic carbocycles. The molecule has 3 aliphatic rings. The lowest BCUT2D eigenvalue weighted by molar-refractivity contribution is 0.940. The molecule has 0 unspecified atom stereocenters. The number of nitrogens with zero attached hydrogens (tertiary/aromatic N) is 1. The molecule has 0 amide bonds. The monoisotopic (exact) mass is 423 g/mol. The highest BCUT2D eigenvalue weighted by Gasteiger charge is 2.29. The topological polar surface area (TPSA) is 43.9 Å². The molecule has 33 heavy (non-hydrogen) atoms. The molecule has 0 saturated heterocycles. The van der Waals surface area contributed by atoms with E-state index in [4.69, 9.17) is 4.99 Å². The zero-order chi connectivity index (χ0) is 21.5. The first kappa shape index (κ1) is 17.4. The summed E-state index contributed by atoms with van der Waals surface area (Å²) in [5, 5.41) is 6.25. The van der Waals surface area contributed by atoms with E-state index in [1.54, 1.807) is 0 Å². The van der Waals surface area contributed by atoms with Gasteiger partial charge in [-0.15, -0.1) is 0 Å². The molecule has 0 radical (unpaired) electrons. The standard InChI is InChI=1S/C30H21N3/c1-2-8-17(9-3-1)22-16-23-19-11-5-7-13-25(19)32-29(23)30-26(22)21-15-14-20-18-10-4-6-12-24(18)31-27(20)28(21)33-30/h1-13,31,33H,14-16H2. The molecular weight excluding hydrogens is 402 g/mol.